The lowest BCUT2D eigenvalue weighted by molar-refractivity contribution is 0.351. The molecule has 1 rings (SSSR count). The molecule has 0 aliphatic carbocycles. The van der Waals surface area contributed by atoms with E-state index in [1.807, 2.05) is 12.1 Å². The van der Waals surface area contributed by atoms with Gasteiger partial charge >= 0.3 is 0 Å². The molecule has 2 heteroatoms. The van der Waals surface area contributed by atoms with Crippen LogP contribution in [0, 0.1) is 0 Å². The van der Waals surface area contributed by atoms with Gasteiger partial charge in [-0.15, -0.1) is 0 Å². The van der Waals surface area contributed by atoms with Crippen LogP contribution in [0.2, 0.25) is 0 Å². The largest absolute Gasteiger partial charge is 0.493 e. The van der Waals surface area contributed by atoms with E-state index >= 15 is 0 Å². The van der Waals surface area contributed by atoms with E-state index in [4.69, 9.17) is 9.47 Å². The number of unbranched alkanes of at least 4 members (excludes halogenated alkanes) is 9. The van der Waals surface area contributed by atoms with Crippen LogP contribution in [-0.2, 0) is 6.42 Å². The Hall–Kier alpha value is -1.44. The van der Waals surface area contributed by atoms with E-state index < -0.39 is 0 Å². The minimum atomic E-state index is 0.833. The molecule has 0 radical (unpaired) electrons. The van der Waals surface area contributed by atoms with Crippen LogP contribution in [0.3, 0.4) is 0 Å². The van der Waals surface area contributed by atoms with E-state index in [1.54, 1.807) is 14.2 Å². The maximum atomic E-state index is 5.50. The molecule has 0 aromatic heterocycles. The van der Waals surface area contributed by atoms with Gasteiger partial charge in [-0.25, -0.2) is 0 Å². The molecule has 0 heterocycles. The SMILES string of the molecule is CCCCCCCC=CCCCCCCc1cccc(OC)c1OC. The Bertz CT molecular complexity index is 465. The molecule has 1 aromatic rings. The molecule has 25 heavy (non-hydrogen) atoms. The molecule has 0 fully saturated rings. The van der Waals surface area contributed by atoms with Gasteiger partial charge in [-0.05, 0) is 50.2 Å². The lowest BCUT2D eigenvalue weighted by Gasteiger charge is -2.12. The van der Waals surface area contributed by atoms with Gasteiger partial charge in [-0.3, -0.25) is 0 Å². The highest BCUT2D eigenvalue weighted by Gasteiger charge is 2.08. The molecule has 0 saturated heterocycles. The van der Waals surface area contributed by atoms with Crippen LogP contribution in [0.25, 0.3) is 0 Å². The van der Waals surface area contributed by atoms with E-state index in [9.17, 15) is 0 Å². The highest BCUT2D eigenvalue weighted by atomic mass is 16.5. The fraction of sp³-hybridized carbons (Fsp3) is 0.652. The highest BCUT2D eigenvalue weighted by Crippen LogP contribution is 2.31. The third-order valence-corrected chi connectivity index (χ3v) is 4.69. The molecule has 2 nitrogen and oxygen atoms in total. The normalized spacial score (nSPS) is 11.2. The predicted octanol–water partition coefficient (Wildman–Crippen LogP) is 7.11. The third kappa shape index (κ3) is 9.57. The summed E-state index contributed by atoms with van der Waals surface area (Å²) < 4.78 is 10.9. The van der Waals surface area contributed by atoms with Crippen molar-refractivity contribution < 1.29 is 9.47 Å². The lowest BCUT2D eigenvalue weighted by Crippen LogP contribution is -1.96. The molecular weight excluding hydrogens is 308 g/mol. The Morgan fingerprint density at radius 2 is 1.40 bits per heavy atom. The number of ether oxygens (including phenoxy) is 2. The average molecular weight is 347 g/mol. The van der Waals surface area contributed by atoms with Crippen LogP contribution in [0.5, 0.6) is 11.5 Å². The molecule has 142 valence electrons. The fourth-order valence-electron chi connectivity index (χ4n) is 3.18. The molecule has 0 N–H and O–H groups in total. The summed E-state index contributed by atoms with van der Waals surface area (Å²) >= 11 is 0. The summed E-state index contributed by atoms with van der Waals surface area (Å²) in [5, 5.41) is 0. The maximum absolute atomic E-state index is 5.50. The van der Waals surface area contributed by atoms with Crippen LogP contribution >= 0.6 is 0 Å². The van der Waals surface area contributed by atoms with Crippen molar-refractivity contribution in [3.8, 4) is 11.5 Å². The second-order valence-corrected chi connectivity index (χ2v) is 6.78. The smallest absolute Gasteiger partial charge is 0.163 e. The summed E-state index contributed by atoms with van der Waals surface area (Å²) in [4.78, 5) is 0. The van der Waals surface area contributed by atoms with Gasteiger partial charge < -0.3 is 9.47 Å². The summed E-state index contributed by atoms with van der Waals surface area (Å²) in [6.45, 7) is 2.27. The minimum absolute atomic E-state index is 0.833. The lowest BCUT2D eigenvalue weighted by atomic mass is 10.0. The molecule has 0 unspecified atom stereocenters. The molecule has 0 amide bonds. The number of methoxy groups -OCH3 is 2. The van der Waals surface area contributed by atoms with Gasteiger partial charge in [0.05, 0.1) is 14.2 Å². The van der Waals surface area contributed by atoms with Gasteiger partial charge in [0.25, 0.3) is 0 Å². The number of para-hydroxylation sites is 1. The van der Waals surface area contributed by atoms with Gasteiger partial charge in [0, 0.05) is 0 Å². The first-order chi connectivity index (χ1) is 12.3. The van der Waals surface area contributed by atoms with Crippen molar-refractivity contribution in [3.63, 3.8) is 0 Å². The van der Waals surface area contributed by atoms with Crippen molar-refractivity contribution in [1.29, 1.82) is 0 Å². The molecule has 1 aromatic carbocycles. The summed E-state index contributed by atoms with van der Waals surface area (Å²) in [6.07, 6.45) is 20.3. The van der Waals surface area contributed by atoms with E-state index in [1.165, 1.54) is 76.2 Å². The first-order valence-electron chi connectivity index (χ1n) is 10.2. The van der Waals surface area contributed by atoms with Crippen LogP contribution in [0.4, 0.5) is 0 Å². The molecule has 0 aliphatic rings. The quantitative estimate of drug-likeness (QED) is 0.249. The van der Waals surface area contributed by atoms with Crippen molar-refractivity contribution in [2.45, 2.75) is 84.0 Å². The molecular formula is C23H38O2. The zero-order valence-electron chi connectivity index (χ0n) is 16.7. The van der Waals surface area contributed by atoms with Crippen LogP contribution in [0.15, 0.2) is 30.4 Å². The monoisotopic (exact) mass is 346 g/mol. The van der Waals surface area contributed by atoms with Crippen molar-refractivity contribution in [3.05, 3.63) is 35.9 Å². The first-order valence-corrected chi connectivity index (χ1v) is 10.2. The van der Waals surface area contributed by atoms with Crippen LogP contribution in [-0.4, -0.2) is 14.2 Å². The zero-order chi connectivity index (χ0) is 18.2. The van der Waals surface area contributed by atoms with E-state index in [0.29, 0.717) is 0 Å². The Morgan fingerprint density at radius 1 is 0.760 bits per heavy atom. The molecule has 0 aliphatic heterocycles. The first kappa shape index (κ1) is 21.6. The number of allylic oxidation sites excluding steroid dienone is 2. The highest BCUT2D eigenvalue weighted by molar-refractivity contribution is 5.46. The molecule has 0 spiro atoms. The van der Waals surface area contributed by atoms with Crippen molar-refractivity contribution >= 4 is 0 Å². The van der Waals surface area contributed by atoms with E-state index in [-0.39, 0.29) is 0 Å². The Morgan fingerprint density at radius 3 is 2.00 bits per heavy atom. The van der Waals surface area contributed by atoms with Gasteiger partial charge in [-0.1, -0.05) is 69.7 Å². The minimum Gasteiger partial charge on any atom is -0.493 e. The summed E-state index contributed by atoms with van der Waals surface area (Å²) in [5.74, 6) is 1.73. The standard InChI is InChI=1S/C23H38O2/c1-4-5-6-7-8-9-10-11-12-13-14-15-16-18-21-19-17-20-22(24-2)23(21)25-3/h10-11,17,19-20H,4-9,12-16,18H2,1-3H3. The zero-order valence-corrected chi connectivity index (χ0v) is 16.7. The van der Waals surface area contributed by atoms with E-state index in [0.717, 1.165) is 17.9 Å². The number of rotatable bonds is 15. The Labute approximate surface area is 155 Å². The number of benzene rings is 1. The predicted molar refractivity (Wildman–Crippen MR) is 109 cm³/mol. The third-order valence-electron chi connectivity index (χ3n) is 4.69. The number of hydrogen-bond acceptors (Lipinski definition) is 2. The van der Waals surface area contributed by atoms with Gasteiger partial charge in [0.1, 0.15) is 0 Å². The van der Waals surface area contributed by atoms with Gasteiger partial charge in [0.15, 0.2) is 11.5 Å². The average Bonchev–Trinajstić information content (AvgIpc) is 2.65. The van der Waals surface area contributed by atoms with Gasteiger partial charge in [-0.2, -0.15) is 0 Å². The summed E-state index contributed by atoms with van der Waals surface area (Å²) in [6, 6.07) is 6.15. The van der Waals surface area contributed by atoms with Crippen molar-refractivity contribution in [2.24, 2.45) is 0 Å². The topological polar surface area (TPSA) is 18.5 Å². The van der Waals surface area contributed by atoms with E-state index in [2.05, 4.69) is 25.1 Å². The second kappa shape index (κ2) is 14.9. The molecule has 0 bridgehead atoms. The second-order valence-electron chi connectivity index (χ2n) is 6.78. The van der Waals surface area contributed by atoms with Crippen LogP contribution < -0.4 is 9.47 Å². The number of aryl methyl sites for hydroxylation is 1. The Balaban J connectivity index is 2.05. The van der Waals surface area contributed by atoms with Crippen LogP contribution in [0.1, 0.15) is 83.1 Å². The van der Waals surface area contributed by atoms with Gasteiger partial charge in [0.2, 0.25) is 0 Å². The molecule has 0 saturated carbocycles. The summed E-state index contributed by atoms with van der Waals surface area (Å²) in [7, 11) is 3.41. The Kier molecular flexibility index (Phi) is 12.8. The fourth-order valence-corrected chi connectivity index (χ4v) is 3.18. The number of hydrogen-bond donors (Lipinski definition) is 0. The molecule has 0 atom stereocenters. The summed E-state index contributed by atoms with van der Waals surface area (Å²) in [5.41, 5.74) is 1.25. The maximum Gasteiger partial charge on any atom is 0.163 e. The van der Waals surface area contributed by atoms with Crippen molar-refractivity contribution in [1.82, 2.24) is 0 Å². The van der Waals surface area contributed by atoms with Crippen molar-refractivity contribution in [2.75, 3.05) is 14.2 Å².